The molecular formula is C22H17NO3S. The van der Waals surface area contributed by atoms with E-state index in [0.29, 0.717) is 18.2 Å². The molecule has 0 amide bonds. The number of rotatable bonds is 5. The number of ether oxygens (including phenoxy) is 2. The van der Waals surface area contributed by atoms with E-state index in [1.807, 2.05) is 53.9 Å². The Bertz CT molecular complexity index is 1020. The molecule has 3 aromatic rings. The van der Waals surface area contributed by atoms with Crippen LogP contribution >= 0.6 is 11.3 Å². The van der Waals surface area contributed by atoms with Crippen LogP contribution in [0.3, 0.4) is 0 Å². The highest BCUT2D eigenvalue weighted by Gasteiger charge is 2.24. The van der Waals surface area contributed by atoms with Gasteiger partial charge in [0.25, 0.3) is 0 Å². The summed E-state index contributed by atoms with van der Waals surface area (Å²) in [7, 11) is 0. The van der Waals surface area contributed by atoms with Crippen molar-refractivity contribution in [1.29, 1.82) is 0 Å². The van der Waals surface area contributed by atoms with Gasteiger partial charge in [-0.1, -0.05) is 48.0 Å². The molecule has 0 unspecified atom stereocenters. The molecule has 0 bridgehead atoms. The monoisotopic (exact) mass is 375 g/mol. The zero-order chi connectivity index (χ0) is 18.6. The van der Waals surface area contributed by atoms with Crippen LogP contribution in [-0.4, -0.2) is 11.9 Å². The largest absolute Gasteiger partial charge is 0.489 e. The maximum Gasteiger partial charge on any atom is 0.363 e. The molecule has 134 valence electrons. The quantitative estimate of drug-likeness (QED) is 0.467. The molecule has 27 heavy (non-hydrogen) atoms. The van der Waals surface area contributed by atoms with E-state index < -0.39 is 5.97 Å². The Balaban J connectivity index is 1.44. The predicted molar refractivity (Wildman–Crippen MR) is 107 cm³/mol. The standard InChI is InChI=1S/C22H17NO3S/c1-15-4-2-5-17(12-15)14-25-18-9-7-16(8-10-18)13-19-22(24)26-21(23-19)20-6-3-11-27-20/h2-13H,14H2,1H3/b19-13+. The molecule has 0 spiro atoms. The first-order chi connectivity index (χ1) is 13.2. The van der Waals surface area contributed by atoms with E-state index in [1.54, 1.807) is 6.08 Å². The van der Waals surface area contributed by atoms with Crippen LogP contribution in [0.4, 0.5) is 0 Å². The van der Waals surface area contributed by atoms with E-state index in [4.69, 9.17) is 9.47 Å². The van der Waals surface area contributed by atoms with Crippen LogP contribution in [0.15, 0.2) is 76.7 Å². The van der Waals surface area contributed by atoms with Crippen molar-refractivity contribution in [3.8, 4) is 5.75 Å². The molecule has 1 aromatic heterocycles. The molecule has 1 aliphatic heterocycles. The van der Waals surface area contributed by atoms with E-state index in [-0.39, 0.29) is 0 Å². The number of hydrogen-bond acceptors (Lipinski definition) is 5. The first-order valence-electron chi connectivity index (χ1n) is 8.52. The molecule has 0 atom stereocenters. The number of benzene rings is 2. The minimum absolute atomic E-state index is 0.298. The van der Waals surface area contributed by atoms with Crippen molar-refractivity contribution in [3.05, 3.63) is 93.3 Å². The van der Waals surface area contributed by atoms with Crippen molar-refractivity contribution in [2.45, 2.75) is 13.5 Å². The van der Waals surface area contributed by atoms with Crippen LogP contribution in [0.25, 0.3) is 6.08 Å². The van der Waals surface area contributed by atoms with Crippen LogP contribution < -0.4 is 4.74 Å². The Morgan fingerprint density at radius 3 is 2.70 bits per heavy atom. The summed E-state index contributed by atoms with van der Waals surface area (Å²) in [5.74, 6) is 0.702. The number of cyclic esters (lactones) is 1. The Hall–Kier alpha value is -3.18. The Morgan fingerprint density at radius 1 is 1.11 bits per heavy atom. The number of hydrogen-bond donors (Lipinski definition) is 0. The van der Waals surface area contributed by atoms with Gasteiger partial charge in [-0.3, -0.25) is 0 Å². The lowest BCUT2D eigenvalue weighted by Gasteiger charge is -2.07. The highest BCUT2D eigenvalue weighted by molar-refractivity contribution is 7.12. The van der Waals surface area contributed by atoms with Gasteiger partial charge in [0.15, 0.2) is 5.70 Å². The van der Waals surface area contributed by atoms with E-state index in [9.17, 15) is 4.79 Å². The van der Waals surface area contributed by atoms with Gasteiger partial charge in [0.1, 0.15) is 12.4 Å². The smallest absolute Gasteiger partial charge is 0.363 e. The minimum Gasteiger partial charge on any atom is -0.489 e. The number of aliphatic imine (C=N–C) groups is 1. The molecule has 4 nitrogen and oxygen atoms in total. The van der Waals surface area contributed by atoms with Crippen LogP contribution in [0.5, 0.6) is 5.75 Å². The van der Waals surface area contributed by atoms with Gasteiger partial charge in [0, 0.05) is 0 Å². The molecule has 0 aliphatic carbocycles. The number of carbonyl (C=O) groups is 1. The number of thiophene rings is 1. The van der Waals surface area contributed by atoms with Crippen molar-refractivity contribution in [2.24, 2.45) is 4.99 Å². The third kappa shape index (κ3) is 4.15. The van der Waals surface area contributed by atoms with Gasteiger partial charge in [0.05, 0.1) is 4.88 Å². The lowest BCUT2D eigenvalue weighted by atomic mass is 10.1. The summed E-state index contributed by atoms with van der Waals surface area (Å²) in [6.07, 6.45) is 1.72. The van der Waals surface area contributed by atoms with Crippen molar-refractivity contribution in [3.63, 3.8) is 0 Å². The number of carbonyl (C=O) groups excluding carboxylic acids is 1. The molecule has 0 saturated carbocycles. The average Bonchev–Trinajstić information content (AvgIpc) is 3.32. The van der Waals surface area contributed by atoms with E-state index in [2.05, 4.69) is 24.0 Å². The summed E-state index contributed by atoms with van der Waals surface area (Å²) in [5, 5.41) is 1.92. The Morgan fingerprint density at radius 2 is 1.96 bits per heavy atom. The molecule has 0 saturated heterocycles. The molecule has 0 radical (unpaired) electrons. The van der Waals surface area contributed by atoms with Crippen molar-refractivity contribution in [1.82, 2.24) is 0 Å². The van der Waals surface area contributed by atoms with Gasteiger partial charge in [-0.15, -0.1) is 11.3 Å². The second-order valence-corrected chi connectivity index (χ2v) is 7.11. The minimum atomic E-state index is -0.432. The number of esters is 1. The molecule has 1 aliphatic rings. The maximum absolute atomic E-state index is 12.0. The highest BCUT2D eigenvalue weighted by atomic mass is 32.1. The van der Waals surface area contributed by atoms with Gasteiger partial charge in [-0.05, 0) is 47.7 Å². The van der Waals surface area contributed by atoms with Crippen LogP contribution in [0, 0.1) is 6.92 Å². The van der Waals surface area contributed by atoms with E-state index in [1.165, 1.54) is 16.9 Å². The van der Waals surface area contributed by atoms with Crippen molar-refractivity contribution < 1.29 is 14.3 Å². The maximum atomic E-state index is 12.0. The molecule has 0 N–H and O–H groups in total. The summed E-state index contributed by atoms with van der Waals surface area (Å²) in [6.45, 7) is 2.58. The lowest BCUT2D eigenvalue weighted by molar-refractivity contribution is -0.129. The summed E-state index contributed by atoms with van der Waals surface area (Å²) in [6, 6.07) is 19.6. The van der Waals surface area contributed by atoms with Crippen LogP contribution in [-0.2, 0) is 16.1 Å². The van der Waals surface area contributed by atoms with Crippen LogP contribution in [0.1, 0.15) is 21.6 Å². The summed E-state index contributed by atoms with van der Waals surface area (Å²) in [4.78, 5) is 17.2. The second kappa shape index (κ2) is 7.60. The SMILES string of the molecule is Cc1cccc(COc2ccc(/C=C3/N=C(c4cccs4)OC3=O)cc2)c1. The number of aryl methyl sites for hydroxylation is 1. The van der Waals surface area contributed by atoms with Crippen molar-refractivity contribution in [2.75, 3.05) is 0 Å². The van der Waals surface area contributed by atoms with Crippen molar-refractivity contribution >= 4 is 29.3 Å². The highest BCUT2D eigenvalue weighted by Crippen LogP contribution is 2.22. The zero-order valence-electron chi connectivity index (χ0n) is 14.7. The van der Waals surface area contributed by atoms with Crippen LogP contribution in [0.2, 0.25) is 0 Å². The normalized spacial score (nSPS) is 14.9. The van der Waals surface area contributed by atoms with E-state index >= 15 is 0 Å². The fourth-order valence-corrected chi connectivity index (χ4v) is 3.35. The summed E-state index contributed by atoms with van der Waals surface area (Å²) < 4.78 is 11.1. The first-order valence-corrected chi connectivity index (χ1v) is 9.40. The third-order valence-corrected chi connectivity index (χ3v) is 4.88. The number of nitrogens with zero attached hydrogens (tertiary/aromatic N) is 1. The molecule has 5 heteroatoms. The van der Waals surface area contributed by atoms with Gasteiger partial charge >= 0.3 is 5.97 Å². The first kappa shape index (κ1) is 17.2. The molecule has 2 aromatic carbocycles. The molecule has 2 heterocycles. The van der Waals surface area contributed by atoms with E-state index in [0.717, 1.165) is 21.8 Å². The third-order valence-electron chi connectivity index (χ3n) is 4.02. The fourth-order valence-electron chi connectivity index (χ4n) is 2.70. The summed E-state index contributed by atoms with van der Waals surface area (Å²) in [5.41, 5.74) is 3.50. The fraction of sp³-hybridized carbons (Fsp3) is 0.0909. The second-order valence-electron chi connectivity index (χ2n) is 6.16. The van der Waals surface area contributed by atoms with Gasteiger partial charge in [-0.25, -0.2) is 9.79 Å². The topological polar surface area (TPSA) is 47.9 Å². The van der Waals surface area contributed by atoms with Gasteiger partial charge < -0.3 is 9.47 Å². The lowest BCUT2D eigenvalue weighted by Crippen LogP contribution is -2.03. The van der Waals surface area contributed by atoms with Gasteiger partial charge in [-0.2, -0.15) is 0 Å². The molecular weight excluding hydrogens is 358 g/mol. The van der Waals surface area contributed by atoms with Gasteiger partial charge in [0.2, 0.25) is 5.90 Å². The molecule has 4 rings (SSSR count). The summed E-state index contributed by atoms with van der Waals surface area (Å²) >= 11 is 1.49. The Kier molecular flexibility index (Phi) is 4.85. The molecule has 0 fully saturated rings. The average molecular weight is 375 g/mol. The zero-order valence-corrected chi connectivity index (χ0v) is 15.5. The Labute approximate surface area is 161 Å². The predicted octanol–water partition coefficient (Wildman–Crippen LogP) is 4.98.